The Morgan fingerprint density at radius 3 is 2.43 bits per heavy atom. The Morgan fingerprint density at radius 1 is 1.00 bits per heavy atom. The highest BCUT2D eigenvalue weighted by Gasteiger charge is 2.10. The highest BCUT2D eigenvalue weighted by Crippen LogP contribution is 2.11. The SMILES string of the molecule is O=C(Nc1ccccc1)c1ccn(-c2ccc(F)cc2)n1. The first-order chi connectivity index (χ1) is 10.2. The van der Waals surface area contributed by atoms with E-state index in [4.69, 9.17) is 0 Å². The van der Waals surface area contributed by atoms with Crippen LogP contribution in [0.2, 0.25) is 0 Å². The number of benzene rings is 2. The number of anilines is 1. The molecule has 4 nitrogen and oxygen atoms in total. The molecule has 0 unspecified atom stereocenters. The number of halogens is 1. The Bertz CT molecular complexity index is 751. The normalized spacial score (nSPS) is 10.3. The molecular formula is C16H12FN3O. The smallest absolute Gasteiger partial charge is 0.276 e. The van der Waals surface area contributed by atoms with Crippen LogP contribution in [0.15, 0.2) is 66.9 Å². The first-order valence-corrected chi connectivity index (χ1v) is 6.40. The van der Waals surface area contributed by atoms with Gasteiger partial charge in [-0.2, -0.15) is 5.10 Å². The lowest BCUT2D eigenvalue weighted by molar-refractivity contribution is 0.102. The van der Waals surface area contributed by atoms with Crippen LogP contribution < -0.4 is 5.32 Å². The van der Waals surface area contributed by atoms with Crippen molar-refractivity contribution >= 4 is 11.6 Å². The van der Waals surface area contributed by atoms with Crippen molar-refractivity contribution in [2.24, 2.45) is 0 Å². The summed E-state index contributed by atoms with van der Waals surface area (Å²) in [6.45, 7) is 0. The summed E-state index contributed by atoms with van der Waals surface area (Å²) in [5.41, 5.74) is 1.69. The fourth-order valence-corrected chi connectivity index (χ4v) is 1.90. The van der Waals surface area contributed by atoms with E-state index in [0.29, 0.717) is 17.1 Å². The number of hydrogen-bond donors (Lipinski definition) is 1. The van der Waals surface area contributed by atoms with E-state index in [2.05, 4.69) is 10.4 Å². The van der Waals surface area contributed by atoms with Gasteiger partial charge in [-0.15, -0.1) is 0 Å². The number of aromatic nitrogens is 2. The molecule has 0 aliphatic rings. The van der Waals surface area contributed by atoms with Crippen LogP contribution in [0.1, 0.15) is 10.5 Å². The maximum absolute atomic E-state index is 12.9. The topological polar surface area (TPSA) is 46.9 Å². The molecule has 0 fully saturated rings. The first kappa shape index (κ1) is 13.1. The molecule has 1 amide bonds. The van der Waals surface area contributed by atoms with E-state index in [1.165, 1.54) is 16.8 Å². The third-order valence-corrected chi connectivity index (χ3v) is 2.94. The van der Waals surface area contributed by atoms with Crippen LogP contribution in [0.3, 0.4) is 0 Å². The molecule has 2 aromatic carbocycles. The summed E-state index contributed by atoms with van der Waals surface area (Å²) in [7, 11) is 0. The number of para-hydroxylation sites is 1. The average Bonchev–Trinajstić information content (AvgIpc) is 2.99. The van der Waals surface area contributed by atoms with Crippen molar-refractivity contribution in [3.63, 3.8) is 0 Å². The van der Waals surface area contributed by atoms with E-state index in [0.717, 1.165) is 0 Å². The second-order valence-electron chi connectivity index (χ2n) is 4.44. The second-order valence-corrected chi connectivity index (χ2v) is 4.44. The van der Waals surface area contributed by atoms with Crippen LogP contribution in [0.5, 0.6) is 0 Å². The molecule has 0 spiro atoms. The lowest BCUT2D eigenvalue weighted by Gasteiger charge is -2.03. The summed E-state index contributed by atoms with van der Waals surface area (Å²) in [6, 6.07) is 16.7. The van der Waals surface area contributed by atoms with Gasteiger partial charge in [0.15, 0.2) is 5.69 Å². The van der Waals surface area contributed by atoms with Gasteiger partial charge in [0.2, 0.25) is 0 Å². The maximum Gasteiger partial charge on any atom is 0.276 e. The van der Waals surface area contributed by atoms with Gasteiger partial charge in [-0.3, -0.25) is 4.79 Å². The monoisotopic (exact) mass is 281 g/mol. The quantitative estimate of drug-likeness (QED) is 0.801. The summed E-state index contributed by atoms with van der Waals surface area (Å²) in [4.78, 5) is 12.1. The molecule has 104 valence electrons. The fraction of sp³-hybridized carbons (Fsp3) is 0. The Balaban J connectivity index is 1.78. The van der Waals surface area contributed by atoms with Crippen LogP contribution in [0.25, 0.3) is 5.69 Å². The number of hydrogen-bond acceptors (Lipinski definition) is 2. The van der Waals surface area contributed by atoms with E-state index in [-0.39, 0.29) is 11.7 Å². The molecule has 0 bridgehead atoms. The van der Waals surface area contributed by atoms with E-state index in [1.54, 1.807) is 36.5 Å². The predicted octanol–water partition coefficient (Wildman–Crippen LogP) is 3.26. The molecular weight excluding hydrogens is 269 g/mol. The van der Waals surface area contributed by atoms with Crippen LogP contribution in [-0.2, 0) is 0 Å². The molecule has 5 heteroatoms. The summed E-state index contributed by atoms with van der Waals surface area (Å²) < 4.78 is 14.4. The van der Waals surface area contributed by atoms with E-state index in [1.807, 2.05) is 18.2 Å². The van der Waals surface area contributed by atoms with Crippen molar-refractivity contribution in [2.45, 2.75) is 0 Å². The molecule has 3 aromatic rings. The van der Waals surface area contributed by atoms with Gasteiger partial charge in [-0.1, -0.05) is 18.2 Å². The number of nitrogens with zero attached hydrogens (tertiary/aromatic N) is 2. The minimum atomic E-state index is -0.312. The zero-order chi connectivity index (χ0) is 14.7. The first-order valence-electron chi connectivity index (χ1n) is 6.40. The molecule has 3 rings (SSSR count). The minimum absolute atomic E-state index is 0.290. The largest absolute Gasteiger partial charge is 0.321 e. The minimum Gasteiger partial charge on any atom is -0.321 e. The van der Waals surface area contributed by atoms with Crippen molar-refractivity contribution in [2.75, 3.05) is 5.32 Å². The zero-order valence-corrected chi connectivity index (χ0v) is 11.0. The van der Waals surface area contributed by atoms with Crippen molar-refractivity contribution in [1.29, 1.82) is 0 Å². The number of amides is 1. The van der Waals surface area contributed by atoms with E-state index < -0.39 is 0 Å². The lowest BCUT2D eigenvalue weighted by Crippen LogP contribution is -2.13. The maximum atomic E-state index is 12.9. The predicted molar refractivity (Wildman–Crippen MR) is 77.9 cm³/mol. The molecule has 0 saturated heterocycles. The molecule has 0 saturated carbocycles. The van der Waals surface area contributed by atoms with E-state index >= 15 is 0 Å². The highest BCUT2D eigenvalue weighted by molar-refractivity contribution is 6.02. The van der Waals surface area contributed by atoms with Gasteiger partial charge < -0.3 is 5.32 Å². The molecule has 1 N–H and O–H groups in total. The summed E-state index contributed by atoms with van der Waals surface area (Å²) >= 11 is 0. The van der Waals surface area contributed by atoms with Crippen molar-refractivity contribution in [1.82, 2.24) is 9.78 Å². The standard InChI is InChI=1S/C16H12FN3O/c17-12-6-8-14(9-7-12)20-11-10-15(19-20)16(21)18-13-4-2-1-3-5-13/h1-11H,(H,18,21). The molecule has 1 aromatic heterocycles. The van der Waals surface area contributed by atoms with Gasteiger partial charge in [0.1, 0.15) is 5.82 Å². The van der Waals surface area contributed by atoms with Gasteiger partial charge in [-0.05, 0) is 42.5 Å². The van der Waals surface area contributed by atoms with Crippen LogP contribution in [0.4, 0.5) is 10.1 Å². The Hall–Kier alpha value is -2.95. The Morgan fingerprint density at radius 2 is 1.71 bits per heavy atom. The molecule has 0 aliphatic heterocycles. The third kappa shape index (κ3) is 2.97. The second kappa shape index (κ2) is 5.58. The van der Waals surface area contributed by atoms with Crippen LogP contribution in [-0.4, -0.2) is 15.7 Å². The van der Waals surface area contributed by atoms with Crippen molar-refractivity contribution in [3.8, 4) is 5.69 Å². The summed E-state index contributed by atoms with van der Waals surface area (Å²) in [6.07, 6.45) is 1.66. The van der Waals surface area contributed by atoms with Crippen molar-refractivity contribution < 1.29 is 9.18 Å². The molecule has 0 aliphatic carbocycles. The lowest BCUT2D eigenvalue weighted by atomic mass is 10.3. The van der Waals surface area contributed by atoms with Crippen LogP contribution in [0, 0.1) is 5.82 Å². The fourth-order valence-electron chi connectivity index (χ4n) is 1.90. The van der Waals surface area contributed by atoms with Gasteiger partial charge in [0, 0.05) is 11.9 Å². The molecule has 21 heavy (non-hydrogen) atoms. The molecule has 1 heterocycles. The summed E-state index contributed by atoms with van der Waals surface area (Å²) in [5.74, 6) is -0.602. The summed E-state index contributed by atoms with van der Waals surface area (Å²) in [5, 5.41) is 6.95. The number of nitrogens with one attached hydrogen (secondary N) is 1. The van der Waals surface area contributed by atoms with Gasteiger partial charge in [-0.25, -0.2) is 9.07 Å². The Labute approximate surface area is 120 Å². The van der Waals surface area contributed by atoms with Gasteiger partial charge >= 0.3 is 0 Å². The van der Waals surface area contributed by atoms with Crippen LogP contribution >= 0.6 is 0 Å². The highest BCUT2D eigenvalue weighted by atomic mass is 19.1. The average molecular weight is 281 g/mol. The van der Waals surface area contributed by atoms with Crippen molar-refractivity contribution in [3.05, 3.63) is 78.4 Å². The van der Waals surface area contributed by atoms with Gasteiger partial charge in [0.25, 0.3) is 5.91 Å². The third-order valence-electron chi connectivity index (χ3n) is 2.94. The number of carbonyl (C=O) groups is 1. The number of carbonyl (C=O) groups excluding carboxylic acids is 1. The Kier molecular flexibility index (Phi) is 3.47. The van der Waals surface area contributed by atoms with Gasteiger partial charge in [0.05, 0.1) is 5.69 Å². The number of rotatable bonds is 3. The molecule has 0 radical (unpaired) electrons. The molecule has 0 atom stereocenters. The van der Waals surface area contributed by atoms with E-state index in [9.17, 15) is 9.18 Å². The zero-order valence-electron chi connectivity index (χ0n) is 11.0.